The van der Waals surface area contributed by atoms with E-state index in [0.29, 0.717) is 13.2 Å². The van der Waals surface area contributed by atoms with Gasteiger partial charge in [-0.1, -0.05) is 72.8 Å². The van der Waals surface area contributed by atoms with E-state index in [1.807, 2.05) is 35.0 Å². The Labute approximate surface area is 216 Å². The van der Waals surface area contributed by atoms with Crippen LogP contribution in [-0.2, 0) is 0 Å². The Morgan fingerprint density at radius 1 is 0.811 bits per heavy atom. The Bertz CT molecular complexity index is 1330. The standard InChI is InChI=1S/C29H30N6O2/c1-3-8-23(9-4-1)10-7-15-33-16-18-34(19-17-33)28(24-11-5-2-6-12-24)29-30-31-32-35(29)25-13-14-26-27(22-25)37-21-20-36-26/h1-14,22,28H,15-21H2/b10-7+. The lowest BCUT2D eigenvalue weighted by Gasteiger charge is -2.38. The van der Waals surface area contributed by atoms with Gasteiger partial charge < -0.3 is 9.47 Å². The molecule has 2 aliphatic heterocycles. The monoisotopic (exact) mass is 494 g/mol. The number of hydrogen-bond donors (Lipinski definition) is 0. The number of fused-ring (bicyclic) bond motifs is 1. The Morgan fingerprint density at radius 2 is 1.54 bits per heavy atom. The second-order valence-electron chi connectivity index (χ2n) is 9.24. The van der Waals surface area contributed by atoms with Crippen molar-refractivity contribution < 1.29 is 9.47 Å². The molecule has 0 N–H and O–H groups in total. The third-order valence-corrected chi connectivity index (χ3v) is 6.87. The number of hydrogen-bond acceptors (Lipinski definition) is 7. The summed E-state index contributed by atoms with van der Waals surface area (Å²) in [5.74, 6) is 2.26. The summed E-state index contributed by atoms with van der Waals surface area (Å²) in [6, 6.07) is 26.7. The highest BCUT2D eigenvalue weighted by Crippen LogP contribution is 2.34. The van der Waals surface area contributed by atoms with Gasteiger partial charge in [0, 0.05) is 38.8 Å². The van der Waals surface area contributed by atoms with Gasteiger partial charge >= 0.3 is 0 Å². The molecule has 1 atom stereocenters. The Kier molecular flexibility index (Phi) is 6.92. The van der Waals surface area contributed by atoms with Crippen molar-refractivity contribution in [2.24, 2.45) is 0 Å². The van der Waals surface area contributed by atoms with Crippen LogP contribution in [0.15, 0.2) is 84.9 Å². The van der Waals surface area contributed by atoms with Crippen molar-refractivity contribution in [1.82, 2.24) is 30.0 Å². The lowest BCUT2D eigenvalue weighted by atomic mass is 10.0. The van der Waals surface area contributed by atoms with Gasteiger partial charge in [0.2, 0.25) is 0 Å². The first-order valence-corrected chi connectivity index (χ1v) is 12.8. The highest BCUT2D eigenvalue weighted by Gasteiger charge is 2.31. The molecule has 4 aromatic rings. The van der Waals surface area contributed by atoms with Crippen molar-refractivity contribution in [1.29, 1.82) is 0 Å². The van der Waals surface area contributed by atoms with Crippen LogP contribution in [-0.4, -0.2) is 75.9 Å². The van der Waals surface area contributed by atoms with Crippen LogP contribution >= 0.6 is 0 Å². The van der Waals surface area contributed by atoms with E-state index in [1.54, 1.807) is 0 Å². The van der Waals surface area contributed by atoms with Gasteiger partial charge in [-0.15, -0.1) is 5.10 Å². The second kappa shape index (κ2) is 10.9. The molecule has 3 aromatic carbocycles. The van der Waals surface area contributed by atoms with Crippen LogP contribution in [0.3, 0.4) is 0 Å². The summed E-state index contributed by atoms with van der Waals surface area (Å²) in [7, 11) is 0. The van der Waals surface area contributed by atoms with Gasteiger partial charge in [-0.2, -0.15) is 4.68 Å². The first-order chi connectivity index (χ1) is 18.3. The van der Waals surface area contributed by atoms with Crippen molar-refractivity contribution in [3.05, 3.63) is 102 Å². The predicted octanol–water partition coefficient (Wildman–Crippen LogP) is 3.85. The van der Waals surface area contributed by atoms with E-state index in [1.165, 1.54) is 11.1 Å². The molecule has 0 radical (unpaired) electrons. The molecule has 0 bridgehead atoms. The zero-order valence-corrected chi connectivity index (χ0v) is 20.7. The van der Waals surface area contributed by atoms with Crippen molar-refractivity contribution in [2.45, 2.75) is 6.04 Å². The Balaban J connectivity index is 1.22. The molecule has 188 valence electrons. The number of rotatable bonds is 7. The third-order valence-electron chi connectivity index (χ3n) is 6.87. The topological polar surface area (TPSA) is 68.5 Å². The Morgan fingerprint density at radius 3 is 2.32 bits per heavy atom. The van der Waals surface area contributed by atoms with Gasteiger partial charge in [-0.25, -0.2) is 0 Å². The van der Waals surface area contributed by atoms with Crippen LogP contribution in [0.1, 0.15) is 23.0 Å². The summed E-state index contributed by atoms with van der Waals surface area (Å²) in [5, 5.41) is 13.0. The van der Waals surface area contributed by atoms with Gasteiger partial charge in [0.15, 0.2) is 17.3 Å². The first kappa shape index (κ1) is 23.4. The number of benzene rings is 3. The minimum atomic E-state index is -0.0635. The van der Waals surface area contributed by atoms with Crippen LogP contribution in [0.4, 0.5) is 0 Å². The van der Waals surface area contributed by atoms with Gasteiger partial charge in [-0.05, 0) is 33.7 Å². The molecule has 37 heavy (non-hydrogen) atoms. The number of tetrazole rings is 1. The smallest absolute Gasteiger partial charge is 0.178 e. The maximum absolute atomic E-state index is 5.81. The van der Waals surface area contributed by atoms with Gasteiger partial charge in [-0.3, -0.25) is 9.80 Å². The zero-order valence-electron chi connectivity index (χ0n) is 20.7. The minimum Gasteiger partial charge on any atom is -0.486 e. The highest BCUT2D eigenvalue weighted by molar-refractivity contribution is 5.50. The quantitative estimate of drug-likeness (QED) is 0.387. The van der Waals surface area contributed by atoms with E-state index in [4.69, 9.17) is 9.47 Å². The van der Waals surface area contributed by atoms with Crippen molar-refractivity contribution in [3.63, 3.8) is 0 Å². The SMILES string of the molecule is C(=C\c1ccccc1)/CN1CCN(C(c2ccccc2)c2nnnn2-c2ccc3c(c2)OCCO3)CC1. The molecular weight excluding hydrogens is 464 g/mol. The van der Waals surface area contributed by atoms with Crippen LogP contribution in [0.2, 0.25) is 0 Å². The first-order valence-electron chi connectivity index (χ1n) is 12.8. The average molecular weight is 495 g/mol. The average Bonchev–Trinajstić information content (AvgIpc) is 3.44. The number of ether oxygens (including phenoxy) is 2. The molecule has 0 saturated carbocycles. The number of aromatic nitrogens is 4. The maximum Gasteiger partial charge on any atom is 0.178 e. The summed E-state index contributed by atoms with van der Waals surface area (Å²) in [4.78, 5) is 4.97. The van der Waals surface area contributed by atoms with E-state index in [-0.39, 0.29) is 6.04 Å². The molecule has 0 amide bonds. The summed E-state index contributed by atoms with van der Waals surface area (Å²) < 4.78 is 13.3. The molecule has 8 heteroatoms. The predicted molar refractivity (Wildman–Crippen MR) is 142 cm³/mol. The molecule has 0 aliphatic carbocycles. The van der Waals surface area contributed by atoms with Crippen molar-refractivity contribution in [3.8, 4) is 17.2 Å². The summed E-state index contributed by atoms with van der Waals surface area (Å²) in [6.45, 7) is 5.85. The summed E-state index contributed by atoms with van der Waals surface area (Å²) in [6.07, 6.45) is 4.45. The van der Waals surface area contributed by atoms with Crippen molar-refractivity contribution in [2.75, 3.05) is 45.9 Å². The molecule has 3 heterocycles. The van der Waals surface area contributed by atoms with E-state index in [0.717, 1.165) is 55.7 Å². The maximum atomic E-state index is 5.81. The highest BCUT2D eigenvalue weighted by atomic mass is 16.6. The van der Waals surface area contributed by atoms with E-state index in [2.05, 4.69) is 86.0 Å². The Hall–Kier alpha value is -4.01. The molecule has 6 rings (SSSR count). The number of nitrogens with zero attached hydrogens (tertiary/aromatic N) is 6. The molecule has 8 nitrogen and oxygen atoms in total. The normalized spacial score (nSPS) is 17.2. The van der Waals surface area contributed by atoms with Crippen LogP contribution in [0.25, 0.3) is 11.8 Å². The molecule has 1 fully saturated rings. The fourth-order valence-electron chi connectivity index (χ4n) is 4.98. The zero-order chi connectivity index (χ0) is 24.9. The third kappa shape index (κ3) is 5.26. The van der Waals surface area contributed by atoms with Crippen LogP contribution in [0.5, 0.6) is 11.5 Å². The molecule has 1 aromatic heterocycles. The van der Waals surface area contributed by atoms with E-state index < -0.39 is 0 Å². The van der Waals surface area contributed by atoms with Gasteiger partial charge in [0.25, 0.3) is 0 Å². The lowest BCUT2D eigenvalue weighted by Crippen LogP contribution is -2.48. The second-order valence-corrected chi connectivity index (χ2v) is 9.24. The molecule has 1 unspecified atom stereocenters. The van der Waals surface area contributed by atoms with E-state index >= 15 is 0 Å². The van der Waals surface area contributed by atoms with E-state index in [9.17, 15) is 0 Å². The molecule has 0 spiro atoms. The molecule has 2 aliphatic rings. The van der Waals surface area contributed by atoms with Crippen LogP contribution in [0, 0.1) is 0 Å². The largest absolute Gasteiger partial charge is 0.486 e. The fraction of sp³-hybridized carbons (Fsp3) is 0.276. The summed E-state index contributed by atoms with van der Waals surface area (Å²) >= 11 is 0. The molecular formula is C29H30N6O2. The van der Waals surface area contributed by atoms with Crippen molar-refractivity contribution >= 4 is 6.08 Å². The van der Waals surface area contributed by atoms with Crippen LogP contribution < -0.4 is 9.47 Å². The number of piperazine rings is 1. The fourth-order valence-corrected chi connectivity index (χ4v) is 4.98. The minimum absolute atomic E-state index is 0.0635. The summed E-state index contributed by atoms with van der Waals surface area (Å²) in [5.41, 5.74) is 3.26. The lowest BCUT2D eigenvalue weighted by molar-refractivity contribution is 0.113. The van der Waals surface area contributed by atoms with Gasteiger partial charge in [0.05, 0.1) is 11.7 Å². The molecule has 1 saturated heterocycles. The van der Waals surface area contributed by atoms with Gasteiger partial charge in [0.1, 0.15) is 13.2 Å².